The molecule has 0 atom stereocenters. The molecule has 0 saturated heterocycles. The van der Waals surface area contributed by atoms with Crippen LogP contribution in [0.15, 0.2) is 60.8 Å². The predicted octanol–water partition coefficient (Wildman–Crippen LogP) is 4.62. The Bertz CT molecular complexity index is 1230. The van der Waals surface area contributed by atoms with Gasteiger partial charge in [0, 0.05) is 23.7 Å². The van der Waals surface area contributed by atoms with Crippen molar-refractivity contribution in [3.05, 3.63) is 77.5 Å². The molecule has 0 radical (unpaired) electrons. The molecule has 2 heterocycles. The molecule has 4 aromatic rings. The largest absolute Gasteiger partial charge is 0.508 e. The molecule has 0 spiro atoms. The molecule has 0 aliphatic heterocycles. The number of benzene rings is 2. The molecule has 6 heteroatoms. The van der Waals surface area contributed by atoms with Crippen molar-refractivity contribution < 1.29 is 9.90 Å². The summed E-state index contributed by atoms with van der Waals surface area (Å²) in [6.45, 7) is 6.32. The van der Waals surface area contributed by atoms with Gasteiger partial charge in [-0.25, -0.2) is 9.67 Å². The summed E-state index contributed by atoms with van der Waals surface area (Å²) in [6.07, 6.45) is 1.69. The Morgan fingerprint density at radius 3 is 2.60 bits per heavy atom. The van der Waals surface area contributed by atoms with Gasteiger partial charge in [-0.05, 0) is 38.5 Å². The number of amides is 1. The number of hydrogen-bond donors (Lipinski definition) is 2. The minimum atomic E-state index is -0.233. The van der Waals surface area contributed by atoms with Gasteiger partial charge in [-0.3, -0.25) is 4.79 Å². The summed E-state index contributed by atoms with van der Waals surface area (Å²) in [5.74, 6) is -0.0744. The van der Waals surface area contributed by atoms with Crippen LogP contribution in [0, 0.1) is 6.92 Å². The van der Waals surface area contributed by atoms with Crippen LogP contribution in [0.25, 0.3) is 22.3 Å². The molecule has 0 aliphatic carbocycles. The number of para-hydroxylation sites is 1. The van der Waals surface area contributed by atoms with E-state index < -0.39 is 0 Å². The summed E-state index contributed by atoms with van der Waals surface area (Å²) in [7, 11) is 0. The molecular weight excluding hydrogens is 376 g/mol. The molecule has 2 aromatic carbocycles. The summed E-state index contributed by atoms with van der Waals surface area (Å²) < 4.78 is 1.83. The molecule has 0 aliphatic rings. The van der Waals surface area contributed by atoms with Gasteiger partial charge < -0.3 is 10.4 Å². The second-order valence-corrected chi connectivity index (χ2v) is 7.60. The van der Waals surface area contributed by atoms with Gasteiger partial charge in [0.1, 0.15) is 5.75 Å². The molecule has 0 bridgehead atoms. The standard InChI is InChI=1S/C24H24N4O2/c1-15(2)28-23-20(14-26-28)19(12-21(27-23)18-10-6-4-8-16(18)3)24(30)25-13-17-9-5-7-11-22(17)29/h4-12,14-15,29H,13H2,1-3H3,(H,25,30). The highest BCUT2D eigenvalue weighted by Gasteiger charge is 2.19. The Morgan fingerprint density at radius 2 is 1.87 bits per heavy atom. The quantitative estimate of drug-likeness (QED) is 0.512. The van der Waals surface area contributed by atoms with E-state index in [9.17, 15) is 9.90 Å². The predicted molar refractivity (Wildman–Crippen MR) is 117 cm³/mol. The zero-order chi connectivity index (χ0) is 21.3. The Morgan fingerprint density at radius 1 is 1.13 bits per heavy atom. The van der Waals surface area contributed by atoms with Crippen LogP contribution in [0.5, 0.6) is 5.75 Å². The monoisotopic (exact) mass is 400 g/mol. The fourth-order valence-corrected chi connectivity index (χ4v) is 3.51. The lowest BCUT2D eigenvalue weighted by Crippen LogP contribution is -2.23. The molecule has 30 heavy (non-hydrogen) atoms. The average molecular weight is 400 g/mol. The number of aromatic hydroxyl groups is 1. The van der Waals surface area contributed by atoms with Crippen molar-refractivity contribution in [1.29, 1.82) is 0 Å². The summed E-state index contributed by atoms with van der Waals surface area (Å²) in [4.78, 5) is 18.0. The average Bonchev–Trinajstić information content (AvgIpc) is 3.17. The van der Waals surface area contributed by atoms with Gasteiger partial charge >= 0.3 is 0 Å². The third-order valence-corrected chi connectivity index (χ3v) is 5.15. The van der Waals surface area contributed by atoms with Crippen molar-refractivity contribution in [2.24, 2.45) is 0 Å². The first-order chi connectivity index (χ1) is 14.5. The number of carbonyl (C=O) groups is 1. The normalized spacial score (nSPS) is 11.2. The van der Waals surface area contributed by atoms with Crippen molar-refractivity contribution in [3.8, 4) is 17.0 Å². The molecule has 6 nitrogen and oxygen atoms in total. The van der Waals surface area contributed by atoms with E-state index in [1.165, 1.54) is 0 Å². The van der Waals surface area contributed by atoms with Crippen molar-refractivity contribution in [3.63, 3.8) is 0 Å². The van der Waals surface area contributed by atoms with Crippen molar-refractivity contribution in [2.45, 2.75) is 33.4 Å². The number of nitrogens with zero attached hydrogens (tertiary/aromatic N) is 3. The molecule has 2 aromatic heterocycles. The minimum absolute atomic E-state index is 0.110. The van der Waals surface area contributed by atoms with Crippen LogP contribution in [0.4, 0.5) is 0 Å². The molecule has 152 valence electrons. The third kappa shape index (κ3) is 3.64. The number of fused-ring (bicyclic) bond motifs is 1. The highest BCUT2D eigenvalue weighted by molar-refractivity contribution is 6.06. The lowest BCUT2D eigenvalue weighted by Gasteiger charge is -2.12. The van der Waals surface area contributed by atoms with E-state index in [4.69, 9.17) is 4.98 Å². The number of aromatic nitrogens is 3. The van der Waals surface area contributed by atoms with Crippen molar-refractivity contribution in [1.82, 2.24) is 20.1 Å². The third-order valence-electron chi connectivity index (χ3n) is 5.15. The van der Waals surface area contributed by atoms with Crippen LogP contribution in [-0.2, 0) is 6.54 Å². The number of pyridine rings is 1. The van der Waals surface area contributed by atoms with E-state index in [0.29, 0.717) is 22.2 Å². The van der Waals surface area contributed by atoms with Crippen LogP contribution >= 0.6 is 0 Å². The number of carbonyl (C=O) groups excluding carboxylic acids is 1. The van der Waals surface area contributed by atoms with Gasteiger partial charge in [0.2, 0.25) is 0 Å². The van der Waals surface area contributed by atoms with Crippen molar-refractivity contribution in [2.75, 3.05) is 0 Å². The number of rotatable bonds is 5. The summed E-state index contributed by atoms with van der Waals surface area (Å²) >= 11 is 0. The smallest absolute Gasteiger partial charge is 0.252 e. The summed E-state index contributed by atoms with van der Waals surface area (Å²) in [5.41, 5.74) is 4.65. The fourth-order valence-electron chi connectivity index (χ4n) is 3.51. The second-order valence-electron chi connectivity index (χ2n) is 7.60. The Hall–Kier alpha value is -3.67. The number of phenolic OH excluding ortho intramolecular Hbond substituents is 1. The maximum Gasteiger partial charge on any atom is 0.252 e. The first kappa shape index (κ1) is 19.6. The van der Waals surface area contributed by atoms with Crippen LogP contribution in [0.3, 0.4) is 0 Å². The Labute approximate surface area is 175 Å². The number of hydrogen-bond acceptors (Lipinski definition) is 4. The highest BCUT2D eigenvalue weighted by atomic mass is 16.3. The molecular formula is C24H24N4O2. The molecule has 2 N–H and O–H groups in total. The minimum Gasteiger partial charge on any atom is -0.508 e. The molecule has 1 amide bonds. The van der Waals surface area contributed by atoms with Crippen molar-refractivity contribution >= 4 is 16.9 Å². The number of phenols is 1. The Kier molecular flexibility index (Phi) is 5.23. The second kappa shape index (κ2) is 7.99. The van der Waals surface area contributed by atoms with Crippen LogP contribution in [0.1, 0.15) is 41.4 Å². The van der Waals surface area contributed by atoms with Crippen LogP contribution < -0.4 is 5.32 Å². The number of nitrogens with one attached hydrogen (secondary N) is 1. The van der Waals surface area contributed by atoms with Gasteiger partial charge in [-0.15, -0.1) is 0 Å². The fraction of sp³-hybridized carbons (Fsp3) is 0.208. The molecule has 4 rings (SSSR count). The molecule has 0 unspecified atom stereocenters. The van der Waals surface area contributed by atoms with E-state index in [-0.39, 0.29) is 24.2 Å². The van der Waals surface area contributed by atoms with Gasteiger partial charge in [-0.1, -0.05) is 42.5 Å². The lowest BCUT2D eigenvalue weighted by molar-refractivity contribution is 0.0952. The van der Waals surface area contributed by atoms with Crippen LogP contribution in [-0.4, -0.2) is 25.8 Å². The topological polar surface area (TPSA) is 80.0 Å². The summed E-state index contributed by atoms with van der Waals surface area (Å²) in [5, 5.41) is 18.1. The molecule has 0 saturated carbocycles. The van der Waals surface area contributed by atoms with E-state index >= 15 is 0 Å². The van der Waals surface area contributed by atoms with E-state index in [2.05, 4.69) is 10.4 Å². The van der Waals surface area contributed by atoms with Crippen LogP contribution in [0.2, 0.25) is 0 Å². The Balaban J connectivity index is 1.79. The highest BCUT2D eigenvalue weighted by Crippen LogP contribution is 2.28. The maximum atomic E-state index is 13.1. The van der Waals surface area contributed by atoms with E-state index in [1.54, 1.807) is 24.4 Å². The summed E-state index contributed by atoms with van der Waals surface area (Å²) in [6, 6.07) is 16.9. The zero-order valence-corrected chi connectivity index (χ0v) is 17.3. The number of aryl methyl sites for hydroxylation is 1. The van der Waals surface area contributed by atoms with E-state index in [1.807, 2.05) is 61.9 Å². The lowest BCUT2D eigenvalue weighted by atomic mass is 10.0. The SMILES string of the molecule is Cc1ccccc1-c1cc(C(=O)NCc2ccccc2O)c2cnn(C(C)C)c2n1. The first-order valence-corrected chi connectivity index (χ1v) is 9.95. The van der Waals surface area contributed by atoms with Gasteiger partial charge in [0.05, 0.1) is 22.8 Å². The van der Waals surface area contributed by atoms with Gasteiger partial charge in [0.25, 0.3) is 5.91 Å². The first-order valence-electron chi connectivity index (χ1n) is 9.95. The zero-order valence-electron chi connectivity index (χ0n) is 17.3. The van der Waals surface area contributed by atoms with Gasteiger partial charge in [-0.2, -0.15) is 5.10 Å². The molecule has 0 fully saturated rings. The maximum absolute atomic E-state index is 13.1. The van der Waals surface area contributed by atoms with E-state index in [0.717, 1.165) is 16.8 Å². The van der Waals surface area contributed by atoms with Gasteiger partial charge in [0.15, 0.2) is 5.65 Å².